The van der Waals surface area contributed by atoms with E-state index in [1.54, 1.807) is 0 Å². The van der Waals surface area contributed by atoms with Gasteiger partial charge in [-0.05, 0) is 19.3 Å². The van der Waals surface area contributed by atoms with Gasteiger partial charge in [0.15, 0.2) is 0 Å². The Morgan fingerprint density at radius 1 is 1.29 bits per heavy atom. The smallest absolute Gasteiger partial charge is 0.319 e. The van der Waals surface area contributed by atoms with Gasteiger partial charge in [0.1, 0.15) is 0 Å². The Morgan fingerprint density at radius 2 is 2.06 bits per heavy atom. The molecule has 0 heterocycles. The van der Waals surface area contributed by atoms with E-state index in [1.165, 1.54) is 25.7 Å². The van der Waals surface area contributed by atoms with E-state index < -0.39 is 0 Å². The number of hydrogen-bond acceptors (Lipinski definition) is 4. The highest BCUT2D eigenvalue weighted by molar-refractivity contribution is 5.71. The second-order valence-corrected chi connectivity index (χ2v) is 4.53. The molecule has 100 valence electrons. The number of carbonyl (C=O) groups is 1. The predicted octanol–water partition coefficient (Wildman–Crippen LogP) is 1.88. The molecule has 1 rings (SSSR count). The number of carbonyl (C=O) groups excluding carboxylic acids is 1. The molecule has 1 fully saturated rings. The van der Waals surface area contributed by atoms with Crippen LogP contribution in [0, 0.1) is 0 Å². The molecule has 0 radical (unpaired) electrons. The van der Waals surface area contributed by atoms with Crippen LogP contribution in [0.15, 0.2) is 0 Å². The van der Waals surface area contributed by atoms with Crippen molar-refractivity contribution in [3.63, 3.8) is 0 Å². The van der Waals surface area contributed by atoms with E-state index in [0.717, 1.165) is 19.4 Å². The fraction of sp³-hybridized carbons (Fsp3) is 0.923. The SMILES string of the molecule is CCCCOC(=O)CNCCOC1CCCC1. The zero-order valence-electron chi connectivity index (χ0n) is 10.9. The first-order chi connectivity index (χ1) is 8.33. The lowest BCUT2D eigenvalue weighted by atomic mass is 10.3. The van der Waals surface area contributed by atoms with Gasteiger partial charge in [-0.25, -0.2) is 0 Å². The largest absolute Gasteiger partial charge is 0.465 e. The molecule has 1 saturated carbocycles. The van der Waals surface area contributed by atoms with Gasteiger partial charge in [0.05, 0.1) is 25.9 Å². The third-order valence-electron chi connectivity index (χ3n) is 2.96. The van der Waals surface area contributed by atoms with Gasteiger partial charge in [0.25, 0.3) is 0 Å². The molecule has 17 heavy (non-hydrogen) atoms. The van der Waals surface area contributed by atoms with Gasteiger partial charge in [0, 0.05) is 6.54 Å². The molecule has 0 atom stereocenters. The van der Waals surface area contributed by atoms with Gasteiger partial charge in [-0.15, -0.1) is 0 Å². The molecule has 1 aliphatic rings. The quantitative estimate of drug-likeness (QED) is 0.496. The van der Waals surface area contributed by atoms with Crippen molar-refractivity contribution in [1.29, 1.82) is 0 Å². The number of nitrogens with one attached hydrogen (secondary N) is 1. The minimum atomic E-state index is -0.167. The van der Waals surface area contributed by atoms with Crippen molar-refractivity contribution in [3.05, 3.63) is 0 Å². The highest BCUT2D eigenvalue weighted by Crippen LogP contribution is 2.20. The van der Waals surface area contributed by atoms with Crippen LogP contribution in [0.5, 0.6) is 0 Å². The molecular weight excluding hydrogens is 218 g/mol. The van der Waals surface area contributed by atoms with Crippen molar-refractivity contribution >= 4 is 5.97 Å². The molecule has 0 aromatic rings. The van der Waals surface area contributed by atoms with Crippen LogP contribution in [0.1, 0.15) is 45.4 Å². The molecule has 0 aliphatic heterocycles. The number of rotatable bonds is 9. The summed E-state index contributed by atoms with van der Waals surface area (Å²) in [7, 11) is 0. The summed E-state index contributed by atoms with van der Waals surface area (Å²) in [6, 6.07) is 0. The number of unbranched alkanes of at least 4 members (excludes halogenated alkanes) is 1. The van der Waals surface area contributed by atoms with Crippen molar-refractivity contribution in [2.75, 3.05) is 26.3 Å². The summed E-state index contributed by atoms with van der Waals surface area (Å²) in [5.41, 5.74) is 0. The second kappa shape index (κ2) is 9.42. The van der Waals surface area contributed by atoms with Crippen LogP contribution < -0.4 is 5.32 Å². The molecule has 1 aliphatic carbocycles. The van der Waals surface area contributed by atoms with E-state index in [0.29, 0.717) is 19.3 Å². The normalized spacial score (nSPS) is 16.3. The summed E-state index contributed by atoms with van der Waals surface area (Å²) < 4.78 is 10.7. The maximum absolute atomic E-state index is 11.2. The Kier molecular flexibility index (Phi) is 8.01. The fourth-order valence-electron chi connectivity index (χ4n) is 1.92. The molecule has 0 amide bonds. The first kappa shape index (κ1) is 14.5. The summed E-state index contributed by atoms with van der Waals surface area (Å²) in [5.74, 6) is -0.167. The van der Waals surface area contributed by atoms with Crippen LogP contribution in [-0.2, 0) is 14.3 Å². The molecule has 4 nitrogen and oxygen atoms in total. The molecule has 4 heteroatoms. The summed E-state index contributed by atoms with van der Waals surface area (Å²) in [4.78, 5) is 11.2. The monoisotopic (exact) mass is 243 g/mol. The van der Waals surface area contributed by atoms with Crippen LogP contribution in [-0.4, -0.2) is 38.4 Å². The lowest BCUT2D eigenvalue weighted by Crippen LogP contribution is -2.29. The molecule has 0 bridgehead atoms. The highest BCUT2D eigenvalue weighted by Gasteiger charge is 2.14. The van der Waals surface area contributed by atoms with E-state index in [-0.39, 0.29) is 12.5 Å². The molecule has 1 N–H and O–H groups in total. The maximum Gasteiger partial charge on any atom is 0.319 e. The third-order valence-corrected chi connectivity index (χ3v) is 2.96. The molecule has 0 spiro atoms. The van der Waals surface area contributed by atoms with E-state index in [9.17, 15) is 4.79 Å². The minimum absolute atomic E-state index is 0.167. The number of esters is 1. The lowest BCUT2D eigenvalue weighted by molar-refractivity contribution is -0.142. The molecular formula is C13H25NO3. The third kappa shape index (κ3) is 7.34. The van der Waals surface area contributed by atoms with Crippen LogP contribution in [0.3, 0.4) is 0 Å². The first-order valence-electron chi connectivity index (χ1n) is 6.81. The van der Waals surface area contributed by atoms with E-state index in [1.807, 2.05) is 0 Å². The van der Waals surface area contributed by atoms with Crippen molar-refractivity contribution in [3.8, 4) is 0 Å². The van der Waals surface area contributed by atoms with E-state index in [4.69, 9.17) is 9.47 Å². The minimum Gasteiger partial charge on any atom is -0.465 e. The van der Waals surface area contributed by atoms with E-state index in [2.05, 4.69) is 12.2 Å². The Hall–Kier alpha value is -0.610. The predicted molar refractivity (Wildman–Crippen MR) is 66.9 cm³/mol. The van der Waals surface area contributed by atoms with Crippen molar-refractivity contribution in [2.24, 2.45) is 0 Å². The average molecular weight is 243 g/mol. The number of ether oxygens (including phenoxy) is 2. The zero-order chi connectivity index (χ0) is 12.3. The van der Waals surface area contributed by atoms with Crippen molar-refractivity contribution in [1.82, 2.24) is 5.32 Å². The molecule has 0 saturated heterocycles. The first-order valence-corrected chi connectivity index (χ1v) is 6.81. The summed E-state index contributed by atoms with van der Waals surface area (Å²) in [5, 5.41) is 3.04. The summed E-state index contributed by atoms with van der Waals surface area (Å²) in [6.45, 7) is 4.31. The number of hydrogen-bond donors (Lipinski definition) is 1. The standard InChI is InChI=1S/C13H25NO3/c1-2-3-9-17-13(15)11-14-8-10-16-12-6-4-5-7-12/h12,14H,2-11H2,1H3. The van der Waals surface area contributed by atoms with Crippen molar-refractivity contribution in [2.45, 2.75) is 51.6 Å². The van der Waals surface area contributed by atoms with Gasteiger partial charge < -0.3 is 14.8 Å². The lowest BCUT2D eigenvalue weighted by Gasteiger charge is -2.11. The summed E-state index contributed by atoms with van der Waals surface area (Å²) in [6.07, 6.45) is 7.42. The van der Waals surface area contributed by atoms with Gasteiger partial charge in [-0.2, -0.15) is 0 Å². The maximum atomic E-state index is 11.2. The molecule has 0 unspecified atom stereocenters. The summed E-state index contributed by atoms with van der Waals surface area (Å²) >= 11 is 0. The highest BCUT2D eigenvalue weighted by atomic mass is 16.5. The Labute approximate surface area is 104 Å². The second-order valence-electron chi connectivity index (χ2n) is 4.53. The zero-order valence-corrected chi connectivity index (χ0v) is 10.9. The van der Waals surface area contributed by atoms with Gasteiger partial charge in [-0.1, -0.05) is 26.2 Å². The Bertz CT molecular complexity index is 203. The van der Waals surface area contributed by atoms with Crippen LogP contribution in [0.25, 0.3) is 0 Å². The van der Waals surface area contributed by atoms with Gasteiger partial charge >= 0.3 is 5.97 Å². The van der Waals surface area contributed by atoms with Crippen LogP contribution in [0.4, 0.5) is 0 Å². The van der Waals surface area contributed by atoms with Crippen LogP contribution in [0.2, 0.25) is 0 Å². The van der Waals surface area contributed by atoms with Gasteiger partial charge in [0.2, 0.25) is 0 Å². The Balaban J connectivity index is 1.84. The fourth-order valence-corrected chi connectivity index (χ4v) is 1.92. The van der Waals surface area contributed by atoms with Crippen LogP contribution >= 0.6 is 0 Å². The van der Waals surface area contributed by atoms with Crippen molar-refractivity contribution < 1.29 is 14.3 Å². The molecule has 0 aromatic carbocycles. The topological polar surface area (TPSA) is 47.6 Å². The van der Waals surface area contributed by atoms with E-state index >= 15 is 0 Å². The van der Waals surface area contributed by atoms with Gasteiger partial charge in [-0.3, -0.25) is 4.79 Å². The molecule has 0 aromatic heterocycles. The average Bonchev–Trinajstić information content (AvgIpc) is 2.82. The Morgan fingerprint density at radius 3 is 2.76 bits per heavy atom.